The lowest BCUT2D eigenvalue weighted by molar-refractivity contribution is 0.00702. The van der Waals surface area contributed by atoms with Crippen molar-refractivity contribution in [2.24, 2.45) is 0 Å². The number of carbonyl (C=O) groups excluding carboxylic acids is 2. The first-order valence-corrected chi connectivity index (χ1v) is 10.1. The van der Waals surface area contributed by atoms with E-state index >= 15 is 0 Å². The summed E-state index contributed by atoms with van der Waals surface area (Å²) in [4.78, 5) is 39.3. The molecule has 150 valence electrons. The summed E-state index contributed by atoms with van der Waals surface area (Å²) in [6.45, 7) is 2.75. The molecule has 0 N–H and O–H groups in total. The summed E-state index contributed by atoms with van der Waals surface area (Å²) in [7, 11) is 0. The molecular weight excluding hydrogens is 400 g/mol. The number of fused-ring (bicyclic) bond motifs is 2. The number of hydrogen-bond donors (Lipinski definition) is 0. The zero-order chi connectivity index (χ0) is 20.9. The van der Waals surface area contributed by atoms with Gasteiger partial charge in [-0.25, -0.2) is 0 Å². The van der Waals surface area contributed by atoms with E-state index < -0.39 is 5.66 Å². The van der Waals surface area contributed by atoms with Gasteiger partial charge in [0.25, 0.3) is 11.8 Å². The second-order valence-corrected chi connectivity index (χ2v) is 8.04. The van der Waals surface area contributed by atoms with E-state index in [1.54, 1.807) is 52.5 Å². The Morgan fingerprint density at radius 3 is 2.60 bits per heavy atom. The highest BCUT2D eigenvalue weighted by Crippen LogP contribution is 2.45. The maximum absolute atomic E-state index is 13.6. The summed E-state index contributed by atoms with van der Waals surface area (Å²) in [5, 5.41) is 0.598. The zero-order valence-electron chi connectivity index (χ0n) is 16.4. The Morgan fingerprint density at radius 2 is 1.87 bits per heavy atom. The standard InChI is InChI=1S/C23H19ClN4O2/c1-15-4-5-16(14-26-15)21(29)27-11-12-28-22(30)19-3-2-10-25-20(19)13-23(27,28)17-6-8-18(24)9-7-17/h2-10,14H,11-13H2,1H3. The predicted octanol–water partition coefficient (Wildman–Crippen LogP) is 3.45. The fraction of sp³-hybridized carbons (Fsp3) is 0.217. The lowest BCUT2D eigenvalue weighted by atomic mass is 9.86. The Morgan fingerprint density at radius 1 is 1.07 bits per heavy atom. The number of hydrogen-bond acceptors (Lipinski definition) is 4. The number of rotatable bonds is 2. The minimum absolute atomic E-state index is 0.114. The molecule has 0 bridgehead atoms. The van der Waals surface area contributed by atoms with E-state index in [1.807, 2.05) is 25.1 Å². The van der Waals surface area contributed by atoms with Crippen molar-refractivity contribution in [3.8, 4) is 0 Å². The Kier molecular flexibility index (Phi) is 4.33. The lowest BCUT2D eigenvalue weighted by Gasteiger charge is -2.46. The molecule has 3 aromatic rings. The minimum Gasteiger partial charge on any atom is -0.309 e. The first-order valence-electron chi connectivity index (χ1n) is 9.77. The van der Waals surface area contributed by atoms with E-state index in [4.69, 9.17) is 11.6 Å². The monoisotopic (exact) mass is 418 g/mol. The largest absolute Gasteiger partial charge is 0.309 e. The number of benzene rings is 1. The van der Waals surface area contributed by atoms with Crippen molar-refractivity contribution in [1.82, 2.24) is 19.8 Å². The van der Waals surface area contributed by atoms with Gasteiger partial charge in [-0.1, -0.05) is 23.7 Å². The minimum atomic E-state index is -0.953. The van der Waals surface area contributed by atoms with Crippen molar-refractivity contribution in [1.29, 1.82) is 0 Å². The number of amides is 2. The summed E-state index contributed by atoms with van der Waals surface area (Å²) in [5.41, 5.74) is 2.50. The molecule has 0 saturated carbocycles. The maximum Gasteiger partial charge on any atom is 0.257 e. The van der Waals surface area contributed by atoms with Crippen LogP contribution in [-0.4, -0.2) is 44.7 Å². The topological polar surface area (TPSA) is 66.4 Å². The Labute approximate surface area is 179 Å². The zero-order valence-corrected chi connectivity index (χ0v) is 17.1. The summed E-state index contributed by atoms with van der Waals surface area (Å²) in [5.74, 6) is -0.274. The highest BCUT2D eigenvalue weighted by molar-refractivity contribution is 6.30. The van der Waals surface area contributed by atoms with Crippen LogP contribution in [0.4, 0.5) is 0 Å². The number of halogens is 1. The van der Waals surface area contributed by atoms with E-state index in [-0.39, 0.29) is 11.8 Å². The van der Waals surface area contributed by atoms with Gasteiger partial charge in [0.05, 0.1) is 16.8 Å². The van der Waals surface area contributed by atoms with Gasteiger partial charge in [-0.05, 0) is 48.9 Å². The van der Waals surface area contributed by atoms with Gasteiger partial charge in [0, 0.05) is 42.6 Å². The molecule has 2 aliphatic heterocycles. The molecule has 6 nitrogen and oxygen atoms in total. The van der Waals surface area contributed by atoms with Crippen LogP contribution >= 0.6 is 11.6 Å². The van der Waals surface area contributed by atoms with E-state index in [2.05, 4.69) is 9.97 Å². The van der Waals surface area contributed by atoms with Crippen LogP contribution in [0.1, 0.15) is 37.7 Å². The Hall–Kier alpha value is -3.25. The average molecular weight is 419 g/mol. The Bertz CT molecular complexity index is 1150. The number of pyridine rings is 2. The van der Waals surface area contributed by atoms with Gasteiger partial charge in [0.2, 0.25) is 0 Å². The van der Waals surface area contributed by atoms with Crippen LogP contribution in [0.25, 0.3) is 0 Å². The molecule has 5 rings (SSSR count). The van der Waals surface area contributed by atoms with Crippen LogP contribution < -0.4 is 0 Å². The molecule has 0 aliphatic carbocycles. The SMILES string of the molecule is Cc1ccc(C(=O)N2CCN3C(=O)c4cccnc4CC23c2ccc(Cl)cc2)cn1. The fourth-order valence-corrected chi connectivity index (χ4v) is 4.60. The first kappa shape index (κ1) is 18.8. The van der Waals surface area contributed by atoms with Crippen molar-refractivity contribution in [3.63, 3.8) is 0 Å². The number of carbonyl (C=O) groups is 2. The van der Waals surface area contributed by atoms with Gasteiger partial charge in [-0.2, -0.15) is 0 Å². The molecule has 0 radical (unpaired) electrons. The van der Waals surface area contributed by atoms with Crippen molar-refractivity contribution < 1.29 is 9.59 Å². The van der Waals surface area contributed by atoms with Gasteiger partial charge < -0.3 is 9.80 Å². The molecule has 4 heterocycles. The quantitative estimate of drug-likeness (QED) is 0.639. The van der Waals surface area contributed by atoms with Crippen LogP contribution in [0.5, 0.6) is 0 Å². The van der Waals surface area contributed by atoms with E-state index in [9.17, 15) is 9.59 Å². The van der Waals surface area contributed by atoms with E-state index in [0.29, 0.717) is 41.4 Å². The number of aryl methyl sites for hydroxylation is 1. The highest BCUT2D eigenvalue weighted by atomic mass is 35.5. The molecule has 1 fully saturated rings. The second-order valence-electron chi connectivity index (χ2n) is 7.60. The van der Waals surface area contributed by atoms with Crippen molar-refractivity contribution >= 4 is 23.4 Å². The van der Waals surface area contributed by atoms with Gasteiger partial charge in [0.15, 0.2) is 0 Å². The van der Waals surface area contributed by atoms with Crippen molar-refractivity contribution in [3.05, 3.63) is 94.0 Å². The smallest absolute Gasteiger partial charge is 0.257 e. The van der Waals surface area contributed by atoms with Gasteiger partial charge in [0.1, 0.15) is 5.66 Å². The molecular formula is C23H19ClN4O2. The van der Waals surface area contributed by atoms with E-state index in [1.165, 1.54) is 0 Å². The highest BCUT2D eigenvalue weighted by Gasteiger charge is 2.56. The molecule has 0 spiro atoms. The van der Waals surface area contributed by atoms with Gasteiger partial charge in [-0.3, -0.25) is 19.6 Å². The van der Waals surface area contributed by atoms with Crippen LogP contribution in [0.15, 0.2) is 60.9 Å². The van der Waals surface area contributed by atoms with Crippen LogP contribution in [-0.2, 0) is 12.1 Å². The third kappa shape index (κ3) is 2.71. The number of aromatic nitrogens is 2. The van der Waals surface area contributed by atoms with E-state index in [0.717, 1.165) is 11.3 Å². The molecule has 1 unspecified atom stereocenters. The second kappa shape index (κ2) is 6.92. The molecule has 1 saturated heterocycles. The van der Waals surface area contributed by atoms with Crippen molar-refractivity contribution in [2.75, 3.05) is 13.1 Å². The summed E-state index contributed by atoms with van der Waals surface area (Å²) >= 11 is 6.13. The Balaban J connectivity index is 1.68. The molecule has 1 aromatic carbocycles. The third-order valence-corrected chi connectivity index (χ3v) is 6.18. The fourth-order valence-electron chi connectivity index (χ4n) is 4.48. The molecule has 7 heteroatoms. The molecule has 2 aromatic heterocycles. The number of nitrogens with zero attached hydrogens (tertiary/aromatic N) is 4. The third-order valence-electron chi connectivity index (χ3n) is 5.93. The van der Waals surface area contributed by atoms with Crippen LogP contribution in [0, 0.1) is 6.92 Å². The first-order chi connectivity index (χ1) is 14.5. The van der Waals surface area contributed by atoms with Gasteiger partial charge in [-0.15, -0.1) is 0 Å². The summed E-state index contributed by atoms with van der Waals surface area (Å²) < 4.78 is 0. The summed E-state index contributed by atoms with van der Waals surface area (Å²) in [6, 6.07) is 14.5. The molecule has 2 aliphatic rings. The molecule has 2 amide bonds. The van der Waals surface area contributed by atoms with Crippen LogP contribution in [0.2, 0.25) is 5.02 Å². The van der Waals surface area contributed by atoms with Crippen molar-refractivity contribution in [2.45, 2.75) is 19.0 Å². The molecule has 1 atom stereocenters. The van der Waals surface area contributed by atoms with Gasteiger partial charge >= 0.3 is 0 Å². The average Bonchev–Trinajstić information content (AvgIpc) is 3.15. The normalized spacial score (nSPS) is 20.1. The lowest BCUT2D eigenvalue weighted by Crippen LogP contribution is -2.58. The van der Waals surface area contributed by atoms with Crippen LogP contribution in [0.3, 0.4) is 0 Å². The predicted molar refractivity (Wildman–Crippen MR) is 112 cm³/mol. The molecule has 30 heavy (non-hydrogen) atoms. The summed E-state index contributed by atoms with van der Waals surface area (Å²) in [6.07, 6.45) is 3.69. The maximum atomic E-state index is 13.6.